The van der Waals surface area contributed by atoms with Gasteiger partial charge in [-0.25, -0.2) is 4.79 Å². The highest BCUT2D eigenvalue weighted by Crippen LogP contribution is 2.29. The van der Waals surface area contributed by atoms with E-state index < -0.39 is 12.1 Å². The summed E-state index contributed by atoms with van der Waals surface area (Å²) in [5.41, 5.74) is 1.55. The number of hydrogen-bond acceptors (Lipinski definition) is 5. The third-order valence-electron chi connectivity index (χ3n) is 5.38. The summed E-state index contributed by atoms with van der Waals surface area (Å²) in [6, 6.07) is 16.1. The molecule has 3 N–H and O–H groups in total. The number of pyridine rings is 1. The third-order valence-corrected chi connectivity index (χ3v) is 5.38. The van der Waals surface area contributed by atoms with Gasteiger partial charge in [-0.15, -0.1) is 0 Å². The van der Waals surface area contributed by atoms with E-state index in [0.717, 1.165) is 42.3 Å². The minimum Gasteiger partial charge on any atom is -0.455 e. The van der Waals surface area contributed by atoms with Crippen molar-refractivity contribution in [3.63, 3.8) is 0 Å². The summed E-state index contributed by atoms with van der Waals surface area (Å²) in [5, 5.41) is 9.37. The molecule has 1 unspecified atom stereocenters. The molecule has 0 saturated heterocycles. The molecule has 3 aromatic rings. The highest BCUT2D eigenvalue weighted by atomic mass is 16.5. The SMILES string of the molecule is CC(Nc1ccc(Oc2cccc3cccnc23)cc1)C(=O)NC(=O)NC1CCCC1. The van der Waals surface area contributed by atoms with E-state index in [1.54, 1.807) is 13.1 Å². The molecule has 0 spiro atoms. The van der Waals surface area contributed by atoms with Gasteiger partial charge in [-0.1, -0.05) is 31.0 Å². The van der Waals surface area contributed by atoms with Gasteiger partial charge in [0.15, 0.2) is 5.75 Å². The Balaban J connectivity index is 1.32. The Kier molecular flexibility index (Phi) is 6.31. The van der Waals surface area contributed by atoms with Crippen LogP contribution in [0.25, 0.3) is 10.9 Å². The second-order valence-electron chi connectivity index (χ2n) is 7.77. The first-order valence-corrected chi connectivity index (χ1v) is 10.6. The van der Waals surface area contributed by atoms with Crippen LogP contribution in [0.3, 0.4) is 0 Å². The fourth-order valence-electron chi connectivity index (χ4n) is 3.73. The molecular formula is C24H26N4O3. The number of carbonyl (C=O) groups excluding carboxylic acids is 2. The summed E-state index contributed by atoms with van der Waals surface area (Å²) in [7, 11) is 0. The molecule has 1 fully saturated rings. The third kappa shape index (κ3) is 5.31. The molecule has 1 atom stereocenters. The van der Waals surface area contributed by atoms with Gasteiger partial charge < -0.3 is 15.4 Å². The van der Waals surface area contributed by atoms with E-state index in [4.69, 9.17) is 4.74 Å². The molecule has 1 heterocycles. The summed E-state index contributed by atoms with van der Waals surface area (Å²) in [4.78, 5) is 28.7. The van der Waals surface area contributed by atoms with Crippen LogP contribution >= 0.6 is 0 Å². The number of benzene rings is 2. The Hall–Kier alpha value is -3.61. The van der Waals surface area contributed by atoms with Gasteiger partial charge in [0.1, 0.15) is 17.3 Å². The van der Waals surface area contributed by atoms with Crippen molar-refractivity contribution in [3.8, 4) is 11.5 Å². The zero-order valence-corrected chi connectivity index (χ0v) is 17.4. The van der Waals surface area contributed by atoms with Crippen LogP contribution in [0.15, 0.2) is 60.8 Å². The van der Waals surface area contributed by atoms with Crippen LogP contribution in [0.4, 0.5) is 10.5 Å². The molecule has 0 aliphatic heterocycles. The first-order valence-electron chi connectivity index (χ1n) is 10.6. The summed E-state index contributed by atoms with van der Waals surface area (Å²) >= 11 is 0. The Morgan fingerprint density at radius 1 is 1.03 bits per heavy atom. The van der Waals surface area contributed by atoms with Crippen molar-refractivity contribution in [2.24, 2.45) is 0 Å². The van der Waals surface area contributed by atoms with E-state index in [1.807, 2.05) is 54.6 Å². The summed E-state index contributed by atoms with van der Waals surface area (Å²) < 4.78 is 5.99. The second-order valence-corrected chi connectivity index (χ2v) is 7.77. The number of urea groups is 1. The monoisotopic (exact) mass is 418 g/mol. The zero-order chi connectivity index (χ0) is 21.6. The number of nitrogens with zero attached hydrogens (tertiary/aromatic N) is 1. The average Bonchev–Trinajstić information content (AvgIpc) is 3.28. The number of imide groups is 1. The highest BCUT2D eigenvalue weighted by molar-refractivity contribution is 5.98. The molecule has 160 valence electrons. The van der Waals surface area contributed by atoms with Gasteiger partial charge in [0.2, 0.25) is 5.91 Å². The number of para-hydroxylation sites is 1. The normalized spacial score (nSPS) is 14.7. The fraction of sp³-hybridized carbons (Fsp3) is 0.292. The van der Waals surface area contributed by atoms with Gasteiger partial charge in [0.25, 0.3) is 0 Å². The number of hydrogen-bond donors (Lipinski definition) is 3. The van der Waals surface area contributed by atoms with Crippen LogP contribution in [0, 0.1) is 0 Å². The standard InChI is InChI=1S/C24H26N4O3/c1-16(23(29)28-24(30)27-18-8-2-3-9-18)26-19-11-13-20(14-12-19)31-21-10-4-6-17-7-5-15-25-22(17)21/h4-7,10-16,18,26H,2-3,8-9H2,1H3,(H2,27,28,29,30). The Morgan fingerprint density at radius 3 is 2.55 bits per heavy atom. The maximum Gasteiger partial charge on any atom is 0.321 e. The smallest absolute Gasteiger partial charge is 0.321 e. The first kappa shape index (κ1) is 20.7. The number of nitrogens with one attached hydrogen (secondary N) is 3. The van der Waals surface area contributed by atoms with Crippen molar-refractivity contribution in [2.75, 3.05) is 5.32 Å². The first-order chi connectivity index (χ1) is 15.1. The molecule has 0 bridgehead atoms. The van der Waals surface area contributed by atoms with Crippen LogP contribution < -0.4 is 20.7 Å². The summed E-state index contributed by atoms with van der Waals surface area (Å²) in [5.74, 6) is 0.967. The zero-order valence-electron chi connectivity index (χ0n) is 17.4. The maximum absolute atomic E-state index is 12.3. The number of rotatable bonds is 6. The van der Waals surface area contributed by atoms with E-state index >= 15 is 0 Å². The topological polar surface area (TPSA) is 92.3 Å². The lowest BCUT2D eigenvalue weighted by atomic mass is 10.2. The molecule has 3 amide bonds. The van der Waals surface area contributed by atoms with Crippen LogP contribution in [0.1, 0.15) is 32.6 Å². The number of anilines is 1. The fourth-order valence-corrected chi connectivity index (χ4v) is 3.73. The lowest BCUT2D eigenvalue weighted by Gasteiger charge is -2.17. The Bertz CT molecular complexity index is 1060. The predicted octanol–water partition coefficient (Wildman–Crippen LogP) is 4.60. The molecule has 7 nitrogen and oxygen atoms in total. The number of fused-ring (bicyclic) bond motifs is 1. The minimum atomic E-state index is -0.566. The van der Waals surface area contributed by atoms with Crippen LogP contribution in [0.5, 0.6) is 11.5 Å². The summed E-state index contributed by atoms with van der Waals surface area (Å²) in [6.45, 7) is 1.71. The van der Waals surface area contributed by atoms with Crippen molar-refractivity contribution >= 4 is 28.5 Å². The Labute approximate surface area is 181 Å². The molecule has 1 aliphatic carbocycles. The van der Waals surface area contributed by atoms with Crippen molar-refractivity contribution < 1.29 is 14.3 Å². The highest BCUT2D eigenvalue weighted by Gasteiger charge is 2.20. The molecule has 0 radical (unpaired) electrons. The predicted molar refractivity (Wildman–Crippen MR) is 120 cm³/mol. The van der Waals surface area contributed by atoms with Gasteiger partial charge in [-0.2, -0.15) is 0 Å². The molecule has 7 heteroatoms. The summed E-state index contributed by atoms with van der Waals surface area (Å²) in [6.07, 6.45) is 5.92. The van der Waals surface area contributed by atoms with Gasteiger partial charge in [0.05, 0.1) is 0 Å². The lowest BCUT2D eigenvalue weighted by molar-refractivity contribution is -0.120. The van der Waals surface area contributed by atoms with E-state index in [9.17, 15) is 9.59 Å². The molecule has 2 aromatic carbocycles. The van der Waals surface area contributed by atoms with Crippen molar-refractivity contribution in [1.29, 1.82) is 0 Å². The molecule has 1 saturated carbocycles. The van der Waals surface area contributed by atoms with Gasteiger partial charge in [-0.05, 0) is 56.2 Å². The van der Waals surface area contributed by atoms with Gasteiger partial charge in [-0.3, -0.25) is 15.1 Å². The van der Waals surface area contributed by atoms with Crippen LogP contribution in [0.2, 0.25) is 0 Å². The number of carbonyl (C=O) groups is 2. The largest absolute Gasteiger partial charge is 0.455 e. The Morgan fingerprint density at radius 2 is 1.77 bits per heavy atom. The van der Waals surface area contributed by atoms with E-state index in [2.05, 4.69) is 20.9 Å². The lowest BCUT2D eigenvalue weighted by Crippen LogP contribution is -2.48. The van der Waals surface area contributed by atoms with Gasteiger partial charge in [0, 0.05) is 23.3 Å². The number of ether oxygens (including phenoxy) is 1. The second kappa shape index (κ2) is 9.47. The van der Waals surface area contributed by atoms with E-state index in [0.29, 0.717) is 11.5 Å². The quantitative estimate of drug-likeness (QED) is 0.544. The molecular weight excluding hydrogens is 392 g/mol. The van der Waals surface area contributed by atoms with Crippen molar-refractivity contribution in [1.82, 2.24) is 15.6 Å². The number of aromatic nitrogens is 1. The molecule has 4 rings (SSSR count). The number of amides is 3. The minimum absolute atomic E-state index is 0.167. The average molecular weight is 418 g/mol. The van der Waals surface area contributed by atoms with Crippen LogP contribution in [-0.2, 0) is 4.79 Å². The molecule has 1 aliphatic rings. The van der Waals surface area contributed by atoms with Crippen molar-refractivity contribution in [2.45, 2.75) is 44.7 Å². The van der Waals surface area contributed by atoms with E-state index in [-0.39, 0.29) is 11.9 Å². The van der Waals surface area contributed by atoms with E-state index in [1.165, 1.54) is 0 Å². The molecule has 1 aromatic heterocycles. The molecule has 31 heavy (non-hydrogen) atoms. The maximum atomic E-state index is 12.3. The van der Waals surface area contributed by atoms with Crippen molar-refractivity contribution in [3.05, 3.63) is 60.8 Å². The van der Waals surface area contributed by atoms with Gasteiger partial charge >= 0.3 is 6.03 Å². The van der Waals surface area contributed by atoms with Crippen LogP contribution in [-0.4, -0.2) is 29.0 Å².